The summed E-state index contributed by atoms with van der Waals surface area (Å²) in [6.45, 7) is 0. The van der Waals surface area contributed by atoms with E-state index in [0.717, 1.165) is 28.3 Å². The maximum Gasteiger partial charge on any atom is 0.0562 e. The molecule has 0 radical (unpaired) electrons. The van der Waals surface area contributed by atoms with Gasteiger partial charge in [-0.05, 0) is 63.9 Å². The standard InChI is InChI=1S/C52H36N2/c1-4-19-37(20-5-1)41-26-12-15-30-45(41)53-47-32-17-14-29-44(47)52-48(53)33-18-34-49(52)54(46-31-16-13-27-42(46)38-21-6-2-7-22-38)50-36-35-39-23-10-11-28-43(39)51(50)40-24-8-3-9-25-40/h1-36H. The fraction of sp³-hybridized carbons (Fsp3) is 0. The summed E-state index contributed by atoms with van der Waals surface area (Å²) in [4.78, 5) is 2.51. The van der Waals surface area contributed by atoms with Crippen LogP contribution in [0.5, 0.6) is 0 Å². The molecule has 1 aromatic heterocycles. The molecule has 10 aromatic rings. The van der Waals surface area contributed by atoms with Crippen molar-refractivity contribution in [3.05, 3.63) is 218 Å². The molecule has 0 saturated heterocycles. The van der Waals surface area contributed by atoms with Crippen molar-refractivity contribution >= 4 is 49.6 Å². The molecule has 0 aliphatic rings. The van der Waals surface area contributed by atoms with Crippen LogP contribution < -0.4 is 4.90 Å². The summed E-state index contributed by atoms with van der Waals surface area (Å²) in [7, 11) is 0. The smallest absolute Gasteiger partial charge is 0.0562 e. The van der Waals surface area contributed by atoms with Crippen molar-refractivity contribution in [3.63, 3.8) is 0 Å². The number of nitrogens with zero attached hydrogens (tertiary/aromatic N) is 2. The minimum atomic E-state index is 1.12. The van der Waals surface area contributed by atoms with Crippen molar-refractivity contribution in [1.29, 1.82) is 0 Å². The monoisotopic (exact) mass is 688 g/mol. The van der Waals surface area contributed by atoms with Crippen LogP contribution >= 0.6 is 0 Å². The van der Waals surface area contributed by atoms with Gasteiger partial charge in [0, 0.05) is 27.5 Å². The average Bonchev–Trinajstić information content (AvgIpc) is 3.59. The van der Waals surface area contributed by atoms with Crippen LogP contribution in [-0.2, 0) is 0 Å². The summed E-state index contributed by atoms with van der Waals surface area (Å²) in [6.07, 6.45) is 0. The number of benzene rings is 9. The lowest BCUT2D eigenvalue weighted by molar-refractivity contribution is 1.18. The summed E-state index contributed by atoms with van der Waals surface area (Å²) in [5.41, 5.74) is 13.9. The number of anilines is 3. The molecule has 0 aliphatic carbocycles. The number of fused-ring (bicyclic) bond motifs is 4. The lowest BCUT2D eigenvalue weighted by Crippen LogP contribution is -2.13. The minimum absolute atomic E-state index is 1.12. The Morgan fingerprint density at radius 2 is 0.852 bits per heavy atom. The Labute approximate surface area is 315 Å². The normalized spacial score (nSPS) is 11.3. The van der Waals surface area contributed by atoms with Crippen LogP contribution in [-0.4, -0.2) is 4.57 Å². The van der Waals surface area contributed by atoms with Crippen LogP contribution in [0.4, 0.5) is 17.1 Å². The third-order valence-electron chi connectivity index (χ3n) is 10.6. The molecule has 10 rings (SSSR count). The Hall–Kier alpha value is -7.16. The second-order valence-corrected chi connectivity index (χ2v) is 13.7. The highest BCUT2D eigenvalue weighted by atomic mass is 15.2. The largest absolute Gasteiger partial charge is 0.309 e. The molecule has 1 heterocycles. The van der Waals surface area contributed by atoms with Crippen LogP contribution in [0.15, 0.2) is 218 Å². The van der Waals surface area contributed by atoms with Crippen molar-refractivity contribution in [2.24, 2.45) is 0 Å². The van der Waals surface area contributed by atoms with E-state index in [2.05, 4.69) is 228 Å². The first-order valence-electron chi connectivity index (χ1n) is 18.5. The van der Waals surface area contributed by atoms with Crippen LogP contribution in [0.1, 0.15) is 0 Å². The zero-order valence-electron chi connectivity index (χ0n) is 29.7. The first kappa shape index (κ1) is 31.6. The molecule has 0 atom stereocenters. The zero-order valence-corrected chi connectivity index (χ0v) is 29.7. The molecule has 254 valence electrons. The van der Waals surface area contributed by atoms with Gasteiger partial charge in [-0.15, -0.1) is 0 Å². The second-order valence-electron chi connectivity index (χ2n) is 13.7. The predicted molar refractivity (Wildman–Crippen MR) is 229 cm³/mol. The van der Waals surface area contributed by atoms with Crippen molar-refractivity contribution in [1.82, 2.24) is 4.57 Å². The first-order valence-corrected chi connectivity index (χ1v) is 18.5. The molecule has 0 spiro atoms. The maximum absolute atomic E-state index is 2.51. The molecule has 0 N–H and O–H groups in total. The van der Waals surface area contributed by atoms with E-state index in [1.165, 1.54) is 60.4 Å². The van der Waals surface area contributed by atoms with Gasteiger partial charge in [-0.2, -0.15) is 0 Å². The molecule has 0 unspecified atom stereocenters. The Bertz CT molecular complexity index is 2930. The van der Waals surface area contributed by atoms with E-state index in [1.807, 2.05) is 0 Å². The highest BCUT2D eigenvalue weighted by Gasteiger charge is 2.26. The van der Waals surface area contributed by atoms with Crippen LogP contribution in [0, 0.1) is 0 Å². The van der Waals surface area contributed by atoms with Gasteiger partial charge in [-0.1, -0.05) is 182 Å². The van der Waals surface area contributed by atoms with Gasteiger partial charge in [0.1, 0.15) is 0 Å². The molecule has 54 heavy (non-hydrogen) atoms. The van der Waals surface area contributed by atoms with Gasteiger partial charge in [-0.3, -0.25) is 0 Å². The van der Waals surface area contributed by atoms with E-state index in [9.17, 15) is 0 Å². The SMILES string of the molecule is c1ccc(-c2ccccc2N(c2ccc3ccccc3c2-c2ccccc2)c2cccc3c2c2ccccc2n3-c2ccccc2-c2ccccc2)cc1. The van der Waals surface area contributed by atoms with Gasteiger partial charge < -0.3 is 9.47 Å². The highest BCUT2D eigenvalue weighted by Crippen LogP contribution is 2.50. The van der Waals surface area contributed by atoms with Crippen molar-refractivity contribution in [3.8, 4) is 39.1 Å². The van der Waals surface area contributed by atoms with Gasteiger partial charge in [-0.25, -0.2) is 0 Å². The van der Waals surface area contributed by atoms with E-state index in [4.69, 9.17) is 0 Å². The van der Waals surface area contributed by atoms with E-state index in [0.29, 0.717) is 0 Å². The Morgan fingerprint density at radius 1 is 0.315 bits per heavy atom. The van der Waals surface area contributed by atoms with Gasteiger partial charge in [0.15, 0.2) is 0 Å². The minimum Gasteiger partial charge on any atom is -0.309 e. The lowest BCUT2D eigenvalue weighted by Gasteiger charge is -2.31. The van der Waals surface area contributed by atoms with Crippen LogP contribution in [0.3, 0.4) is 0 Å². The zero-order chi connectivity index (χ0) is 35.8. The van der Waals surface area contributed by atoms with Crippen LogP contribution in [0.2, 0.25) is 0 Å². The van der Waals surface area contributed by atoms with E-state index < -0.39 is 0 Å². The molecule has 0 amide bonds. The molecule has 9 aromatic carbocycles. The van der Waals surface area contributed by atoms with Gasteiger partial charge in [0.05, 0.1) is 33.8 Å². The average molecular weight is 689 g/mol. The molecule has 0 bridgehead atoms. The van der Waals surface area contributed by atoms with Crippen LogP contribution in [0.25, 0.3) is 71.6 Å². The summed E-state index contributed by atoms with van der Waals surface area (Å²) in [5, 5.41) is 4.83. The lowest BCUT2D eigenvalue weighted by atomic mass is 9.94. The Balaban J connectivity index is 1.34. The molecule has 2 nitrogen and oxygen atoms in total. The van der Waals surface area contributed by atoms with Crippen molar-refractivity contribution in [2.45, 2.75) is 0 Å². The molecule has 0 fully saturated rings. The number of rotatable bonds is 7. The van der Waals surface area contributed by atoms with E-state index in [-0.39, 0.29) is 0 Å². The van der Waals surface area contributed by atoms with E-state index >= 15 is 0 Å². The summed E-state index contributed by atoms with van der Waals surface area (Å²) < 4.78 is 2.45. The quantitative estimate of drug-likeness (QED) is 0.162. The van der Waals surface area contributed by atoms with Gasteiger partial charge in [0.25, 0.3) is 0 Å². The van der Waals surface area contributed by atoms with Gasteiger partial charge >= 0.3 is 0 Å². The molecule has 0 aliphatic heterocycles. The number of aromatic nitrogens is 1. The topological polar surface area (TPSA) is 8.17 Å². The molecular formula is C52H36N2. The third kappa shape index (κ3) is 5.27. The van der Waals surface area contributed by atoms with Crippen molar-refractivity contribution in [2.75, 3.05) is 4.90 Å². The fourth-order valence-corrected chi connectivity index (χ4v) is 8.25. The van der Waals surface area contributed by atoms with E-state index in [1.54, 1.807) is 0 Å². The number of hydrogen-bond donors (Lipinski definition) is 0. The second kappa shape index (κ2) is 13.4. The number of hydrogen-bond acceptors (Lipinski definition) is 1. The summed E-state index contributed by atoms with van der Waals surface area (Å²) >= 11 is 0. The summed E-state index contributed by atoms with van der Waals surface area (Å²) in [5.74, 6) is 0. The highest BCUT2D eigenvalue weighted by molar-refractivity contribution is 6.18. The predicted octanol–water partition coefficient (Wildman–Crippen LogP) is 14.4. The number of para-hydroxylation sites is 3. The Kier molecular flexibility index (Phi) is 7.85. The summed E-state index contributed by atoms with van der Waals surface area (Å²) in [6, 6.07) is 78.9. The fourth-order valence-electron chi connectivity index (χ4n) is 8.25. The van der Waals surface area contributed by atoms with Crippen molar-refractivity contribution < 1.29 is 0 Å². The molecule has 0 saturated carbocycles. The Morgan fingerprint density at radius 3 is 1.61 bits per heavy atom. The molecular weight excluding hydrogens is 653 g/mol. The molecule has 2 heteroatoms. The first-order chi connectivity index (χ1) is 26.8. The maximum atomic E-state index is 2.51. The third-order valence-corrected chi connectivity index (χ3v) is 10.6. The van der Waals surface area contributed by atoms with Gasteiger partial charge in [0.2, 0.25) is 0 Å².